The van der Waals surface area contributed by atoms with E-state index in [2.05, 4.69) is 58.5 Å². The summed E-state index contributed by atoms with van der Waals surface area (Å²) in [6.45, 7) is 10.5. The average Bonchev–Trinajstić information content (AvgIpc) is 3.25. The van der Waals surface area contributed by atoms with Gasteiger partial charge in [-0.15, -0.1) is 0 Å². The second-order valence-corrected chi connectivity index (χ2v) is 7.80. The van der Waals surface area contributed by atoms with E-state index in [9.17, 15) is 4.79 Å². The van der Waals surface area contributed by atoms with Gasteiger partial charge in [-0.25, -0.2) is 4.99 Å². The van der Waals surface area contributed by atoms with Crippen molar-refractivity contribution in [2.24, 2.45) is 4.99 Å². The molecule has 0 fully saturated rings. The molecular weight excluding hydrogens is 368 g/mol. The zero-order valence-electron chi connectivity index (χ0n) is 17.3. The van der Waals surface area contributed by atoms with Gasteiger partial charge in [0.05, 0.1) is 6.54 Å². The molecule has 5 nitrogen and oxygen atoms in total. The topological polar surface area (TPSA) is 65.5 Å². The number of aliphatic imine (C=N–C) groups is 1. The van der Waals surface area contributed by atoms with Crippen LogP contribution in [0.2, 0.25) is 0 Å². The predicted octanol–water partition coefficient (Wildman–Crippen LogP) is 4.14. The number of carbonyl (C=O) groups excluding carboxylic acids is 1. The van der Waals surface area contributed by atoms with Crippen LogP contribution in [0.1, 0.15) is 61.5 Å². The molecule has 2 unspecified atom stereocenters. The molecule has 1 aromatic carbocycles. The van der Waals surface area contributed by atoms with E-state index < -0.39 is 0 Å². The number of hydrogen-bond acceptors (Lipinski definition) is 3. The fourth-order valence-corrected chi connectivity index (χ4v) is 3.44. The SMILES string of the molecule is CCNC(=NCc1cccc(C(=O)NC(C)CC)c1)NCC(C)c1ccsc1. The molecular formula is C22H32N4OS. The molecule has 28 heavy (non-hydrogen) atoms. The molecule has 2 atom stereocenters. The number of nitrogens with zero attached hydrogens (tertiary/aromatic N) is 1. The summed E-state index contributed by atoms with van der Waals surface area (Å²) in [4.78, 5) is 17.0. The Morgan fingerprint density at radius 1 is 1.18 bits per heavy atom. The van der Waals surface area contributed by atoms with Gasteiger partial charge in [-0.1, -0.05) is 26.0 Å². The number of guanidine groups is 1. The maximum Gasteiger partial charge on any atom is 0.251 e. The number of thiophene rings is 1. The Balaban J connectivity index is 1.98. The minimum Gasteiger partial charge on any atom is -0.357 e. The molecule has 0 saturated carbocycles. The summed E-state index contributed by atoms with van der Waals surface area (Å²) in [6.07, 6.45) is 0.914. The van der Waals surface area contributed by atoms with Crippen molar-refractivity contribution in [1.29, 1.82) is 0 Å². The van der Waals surface area contributed by atoms with Gasteiger partial charge in [0.15, 0.2) is 5.96 Å². The van der Waals surface area contributed by atoms with Crippen molar-refractivity contribution in [1.82, 2.24) is 16.0 Å². The van der Waals surface area contributed by atoms with Gasteiger partial charge in [-0.05, 0) is 66.3 Å². The molecule has 2 aromatic rings. The molecule has 0 bridgehead atoms. The van der Waals surface area contributed by atoms with Crippen LogP contribution in [0.15, 0.2) is 46.1 Å². The van der Waals surface area contributed by atoms with Crippen molar-refractivity contribution in [2.45, 2.75) is 52.6 Å². The van der Waals surface area contributed by atoms with Crippen molar-refractivity contribution < 1.29 is 4.79 Å². The minimum atomic E-state index is -0.0326. The van der Waals surface area contributed by atoms with Crippen molar-refractivity contribution in [2.75, 3.05) is 13.1 Å². The van der Waals surface area contributed by atoms with Gasteiger partial charge in [-0.2, -0.15) is 11.3 Å². The van der Waals surface area contributed by atoms with Gasteiger partial charge in [0, 0.05) is 24.7 Å². The first-order valence-corrected chi connectivity index (χ1v) is 10.9. The van der Waals surface area contributed by atoms with Crippen LogP contribution in [0.4, 0.5) is 0 Å². The van der Waals surface area contributed by atoms with E-state index in [1.807, 2.05) is 31.2 Å². The Bertz CT molecular complexity index is 758. The zero-order valence-corrected chi connectivity index (χ0v) is 18.1. The highest BCUT2D eigenvalue weighted by Gasteiger charge is 2.10. The molecule has 0 radical (unpaired) electrons. The van der Waals surface area contributed by atoms with Crippen LogP contribution >= 0.6 is 11.3 Å². The van der Waals surface area contributed by atoms with Crippen LogP contribution in [0.25, 0.3) is 0 Å². The van der Waals surface area contributed by atoms with E-state index >= 15 is 0 Å². The van der Waals surface area contributed by atoms with Crippen molar-refractivity contribution >= 4 is 23.2 Å². The Kier molecular flexibility index (Phi) is 9.01. The van der Waals surface area contributed by atoms with E-state index in [4.69, 9.17) is 0 Å². The highest BCUT2D eigenvalue weighted by atomic mass is 32.1. The van der Waals surface area contributed by atoms with Gasteiger partial charge in [0.25, 0.3) is 5.91 Å². The average molecular weight is 401 g/mol. The second kappa shape index (κ2) is 11.5. The lowest BCUT2D eigenvalue weighted by Gasteiger charge is -2.15. The number of hydrogen-bond donors (Lipinski definition) is 3. The van der Waals surface area contributed by atoms with E-state index in [0.29, 0.717) is 18.0 Å². The molecule has 6 heteroatoms. The third-order valence-electron chi connectivity index (χ3n) is 4.63. The van der Waals surface area contributed by atoms with Crippen molar-refractivity contribution in [3.8, 4) is 0 Å². The van der Waals surface area contributed by atoms with Crippen LogP contribution in [-0.4, -0.2) is 31.0 Å². The molecule has 0 spiro atoms. The molecule has 152 valence electrons. The summed E-state index contributed by atoms with van der Waals surface area (Å²) in [7, 11) is 0. The monoisotopic (exact) mass is 400 g/mol. The lowest BCUT2D eigenvalue weighted by Crippen LogP contribution is -2.39. The Morgan fingerprint density at radius 3 is 2.68 bits per heavy atom. The van der Waals surface area contributed by atoms with Gasteiger partial charge in [0.2, 0.25) is 0 Å². The Labute approximate surface area is 172 Å². The van der Waals surface area contributed by atoms with Crippen LogP contribution in [0, 0.1) is 0 Å². The standard InChI is InChI=1S/C22H32N4OS/c1-5-17(4)26-21(27)19-9-7-8-18(12-19)14-25-22(23-6-2)24-13-16(3)20-10-11-28-15-20/h7-12,15-17H,5-6,13-14H2,1-4H3,(H,26,27)(H2,23,24,25). The van der Waals surface area contributed by atoms with Gasteiger partial charge < -0.3 is 16.0 Å². The quantitative estimate of drug-likeness (QED) is 0.438. The predicted molar refractivity (Wildman–Crippen MR) is 119 cm³/mol. The molecule has 0 aliphatic heterocycles. The number of rotatable bonds is 9. The van der Waals surface area contributed by atoms with E-state index in [1.54, 1.807) is 11.3 Å². The summed E-state index contributed by atoms with van der Waals surface area (Å²) in [5, 5.41) is 14.0. The fourth-order valence-electron chi connectivity index (χ4n) is 2.66. The fraction of sp³-hybridized carbons (Fsp3) is 0.455. The second-order valence-electron chi connectivity index (χ2n) is 7.02. The summed E-state index contributed by atoms with van der Waals surface area (Å²) in [5.41, 5.74) is 3.03. The van der Waals surface area contributed by atoms with Gasteiger partial charge in [0.1, 0.15) is 0 Å². The molecule has 0 saturated heterocycles. The number of benzene rings is 1. The summed E-state index contributed by atoms with van der Waals surface area (Å²) in [5.74, 6) is 1.18. The molecule has 1 heterocycles. The van der Waals surface area contributed by atoms with Crippen LogP contribution in [0.3, 0.4) is 0 Å². The van der Waals surface area contributed by atoms with E-state index in [0.717, 1.165) is 31.0 Å². The van der Waals surface area contributed by atoms with Crippen molar-refractivity contribution in [3.05, 3.63) is 57.8 Å². The first kappa shape index (κ1) is 22.0. The normalized spacial score (nSPS) is 13.6. The zero-order chi connectivity index (χ0) is 20.4. The maximum atomic E-state index is 12.3. The summed E-state index contributed by atoms with van der Waals surface area (Å²) >= 11 is 1.72. The van der Waals surface area contributed by atoms with Gasteiger partial charge in [-0.3, -0.25) is 4.79 Å². The molecule has 1 aromatic heterocycles. The number of amides is 1. The number of nitrogens with one attached hydrogen (secondary N) is 3. The smallest absolute Gasteiger partial charge is 0.251 e. The van der Waals surface area contributed by atoms with E-state index in [-0.39, 0.29) is 11.9 Å². The third-order valence-corrected chi connectivity index (χ3v) is 5.33. The first-order chi connectivity index (χ1) is 13.5. The molecule has 1 amide bonds. The first-order valence-electron chi connectivity index (χ1n) is 9.97. The van der Waals surface area contributed by atoms with Gasteiger partial charge >= 0.3 is 0 Å². The molecule has 2 rings (SSSR count). The Morgan fingerprint density at radius 2 is 2.00 bits per heavy atom. The van der Waals surface area contributed by atoms with E-state index in [1.165, 1.54) is 5.56 Å². The highest BCUT2D eigenvalue weighted by molar-refractivity contribution is 7.07. The van der Waals surface area contributed by atoms with Crippen LogP contribution < -0.4 is 16.0 Å². The Hall–Kier alpha value is -2.34. The lowest BCUT2D eigenvalue weighted by molar-refractivity contribution is 0.0939. The lowest BCUT2D eigenvalue weighted by atomic mass is 10.1. The minimum absolute atomic E-state index is 0.0326. The third kappa shape index (κ3) is 7.00. The van der Waals surface area contributed by atoms with Crippen molar-refractivity contribution in [3.63, 3.8) is 0 Å². The van der Waals surface area contributed by atoms with Crippen LogP contribution in [-0.2, 0) is 6.54 Å². The summed E-state index contributed by atoms with van der Waals surface area (Å²) in [6, 6.07) is 10.0. The van der Waals surface area contributed by atoms with Crippen LogP contribution in [0.5, 0.6) is 0 Å². The number of carbonyl (C=O) groups is 1. The largest absolute Gasteiger partial charge is 0.357 e. The highest BCUT2D eigenvalue weighted by Crippen LogP contribution is 2.17. The summed E-state index contributed by atoms with van der Waals surface area (Å²) < 4.78 is 0. The molecule has 3 N–H and O–H groups in total. The maximum absolute atomic E-state index is 12.3. The molecule has 0 aliphatic rings. The molecule has 0 aliphatic carbocycles.